The van der Waals surface area contributed by atoms with Crippen molar-refractivity contribution in [3.05, 3.63) is 22.6 Å². The Balaban J connectivity index is 2.19. The summed E-state index contributed by atoms with van der Waals surface area (Å²) in [5.41, 5.74) is 2.53. The number of aromatic nitrogens is 6. The highest BCUT2D eigenvalue weighted by Crippen LogP contribution is 2.32. The Morgan fingerprint density at radius 1 is 1.47 bits per heavy atom. The van der Waals surface area contributed by atoms with Gasteiger partial charge in [-0.2, -0.15) is 19.6 Å². The predicted octanol–water partition coefficient (Wildman–Crippen LogP) is 2.09. The molecule has 6 nitrogen and oxygen atoms in total. The molecule has 86 valence electrons. The van der Waals surface area contributed by atoms with Crippen LogP contribution in [0.2, 0.25) is 5.15 Å². The van der Waals surface area contributed by atoms with Crippen LogP contribution in [0.15, 0.2) is 21.2 Å². The molecule has 3 aromatic heterocycles. The molecule has 0 saturated carbocycles. The molecule has 0 N–H and O–H groups in total. The maximum atomic E-state index is 6.05. The summed E-state index contributed by atoms with van der Waals surface area (Å²) in [5.74, 6) is 0.479. The second-order valence-corrected chi connectivity index (χ2v) is 5.54. The molecule has 0 amide bonds. The van der Waals surface area contributed by atoms with Crippen LogP contribution in [0.4, 0.5) is 0 Å². The van der Waals surface area contributed by atoms with E-state index in [1.165, 1.54) is 29.4 Å². The summed E-state index contributed by atoms with van der Waals surface area (Å²) in [6.07, 6.45) is 1.45. The van der Waals surface area contributed by atoms with E-state index in [1.54, 1.807) is 10.0 Å². The Kier molecular flexibility index (Phi) is 2.69. The Bertz CT molecular complexity index is 664. The largest absolute Gasteiger partial charge is 0.254 e. The quantitative estimate of drug-likeness (QED) is 0.671. The van der Waals surface area contributed by atoms with Gasteiger partial charge in [-0.25, -0.2) is 0 Å². The van der Waals surface area contributed by atoms with E-state index in [4.69, 9.17) is 11.6 Å². The van der Waals surface area contributed by atoms with Crippen molar-refractivity contribution in [1.29, 1.82) is 0 Å². The third-order valence-corrected chi connectivity index (χ3v) is 4.39. The fourth-order valence-electron chi connectivity index (χ4n) is 1.28. The van der Waals surface area contributed by atoms with Crippen LogP contribution in [0.1, 0.15) is 5.56 Å². The van der Waals surface area contributed by atoms with Gasteiger partial charge in [0.2, 0.25) is 0 Å². The van der Waals surface area contributed by atoms with Crippen LogP contribution in [0.3, 0.4) is 0 Å². The van der Waals surface area contributed by atoms with Gasteiger partial charge >= 0.3 is 0 Å². The first kappa shape index (κ1) is 10.9. The highest BCUT2D eigenvalue weighted by atomic mass is 35.5. The van der Waals surface area contributed by atoms with Gasteiger partial charge in [-0.05, 0) is 18.7 Å². The molecule has 0 aliphatic heterocycles. The molecule has 0 aromatic carbocycles. The maximum absolute atomic E-state index is 6.05. The number of hydrogen-bond acceptors (Lipinski definition) is 7. The zero-order chi connectivity index (χ0) is 11.8. The first-order chi connectivity index (χ1) is 8.25. The van der Waals surface area contributed by atoms with Gasteiger partial charge in [-0.3, -0.25) is 0 Å². The molecule has 3 heterocycles. The highest BCUT2D eigenvalue weighted by molar-refractivity contribution is 8.01. The molecule has 0 atom stereocenters. The maximum Gasteiger partial charge on any atom is 0.254 e. The summed E-state index contributed by atoms with van der Waals surface area (Å²) >= 11 is 8.96. The zero-order valence-corrected chi connectivity index (χ0v) is 10.9. The summed E-state index contributed by atoms with van der Waals surface area (Å²) in [4.78, 5) is 8.15. The number of nitrogens with zero attached hydrogens (tertiary/aromatic N) is 6. The smallest absolute Gasteiger partial charge is 0.199 e. The number of rotatable bonds is 2. The number of halogens is 1. The lowest BCUT2D eigenvalue weighted by molar-refractivity contribution is 0.824. The molecule has 0 bridgehead atoms. The summed E-state index contributed by atoms with van der Waals surface area (Å²) in [5, 5.41) is 13.2. The Hall–Kier alpha value is -1.25. The van der Waals surface area contributed by atoms with E-state index in [1.807, 2.05) is 6.92 Å². The molecule has 0 radical (unpaired) electrons. The summed E-state index contributed by atoms with van der Waals surface area (Å²) in [7, 11) is 0. The van der Waals surface area contributed by atoms with Crippen LogP contribution in [0.25, 0.3) is 5.78 Å². The van der Waals surface area contributed by atoms with Crippen LogP contribution in [0, 0.1) is 6.92 Å². The van der Waals surface area contributed by atoms with Crippen LogP contribution in [-0.4, -0.2) is 29.8 Å². The van der Waals surface area contributed by atoms with Crippen molar-refractivity contribution in [2.24, 2.45) is 0 Å². The third-order valence-electron chi connectivity index (χ3n) is 2.07. The first-order valence-electron chi connectivity index (χ1n) is 4.55. The Morgan fingerprint density at radius 2 is 2.35 bits per heavy atom. The van der Waals surface area contributed by atoms with Crippen molar-refractivity contribution < 1.29 is 0 Å². The van der Waals surface area contributed by atoms with Crippen molar-refractivity contribution in [2.45, 2.75) is 16.3 Å². The van der Waals surface area contributed by atoms with Crippen molar-refractivity contribution in [3.63, 3.8) is 0 Å². The second-order valence-electron chi connectivity index (χ2n) is 3.11. The lowest BCUT2D eigenvalue weighted by Gasteiger charge is -2.06. The van der Waals surface area contributed by atoms with Crippen molar-refractivity contribution in [1.82, 2.24) is 29.8 Å². The Labute approximate surface area is 109 Å². The van der Waals surface area contributed by atoms with Crippen molar-refractivity contribution in [2.75, 3.05) is 0 Å². The number of fused-ring (bicyclic) bond motifs is 1. The third kappa shape index (κ3) is 1.88. The molecule has 9 heteroatoms. The first-order valence-corrected chi connectivity index (χ1v) is 6.63. The molecule has 17 heavy (non-hydrogen) atoms. The van der Waals surface area contributed by atoms with E-state index < -0.39 is 0 Å². The van der Waals surface area contributed by atoms with E-state index >= 15 is 0 Å². The molecule has 0 fully saturated rings. The summed E-state index contributed by atoms with van der Waals surface area (Å²) < 4.78 is 2.47. The average Bonchev–Trinajstić information content (AvgIpc) is 2.94. The highest BCUT2D eigenvalue weighted by Gasteiger charge is 2.14. The van der Waals surface area contributed by atoms with E-state index in [-0.39, 0.29) is 0 Å². The van der Waals surface area contributed by atoms with Gasteiger partial charge in [-0.1, -0.05) is 22.9 Å². The van der Waals surface area contributed by atoms with Gasteiger partial charge in [-0.15, -0.1) is 10.2 Å². The van der Waals surface area contributed by atoms with Crippen LogP contribution >= 0.6 is 34.7 Å². The monoisotopic (exact) mass is 284 g/mol. The SMILES string of the molecule is Cc1c(Cl)nc2ncnn2c1Sc1nncs1. The fraction of sp³-hybridized carbons (Fsp3) is 0.125. The number of hydrogen-bond donors (Lipinski definition) is 0. The normalized spacial score (nSPS) is 11.2. The summed E-state index contributed by atoms with van der Waals surface area (Å²) in [6, 6.07) is 0. The molecule has 0 unspecified atom stereocenters. The lowest BCUT2D eigenvalue weighted by atomic mass is 10.4. The molecular weight excluding hydrogens is 280 g/mol. The topological polar surface area (TPSA) is 68.9 Å². The molecular formula is C8H5ClN6S2. The molecule has 3 rings (SSSR count). The second kappa shape index (κ2) is 4.21. The van der Waals surface area contributed by atoms with Crippen molar-refractivity contribution >= 4 is 40.5 Å². The minimum atomic E-state index is 0.428. The van der Waals surface area contributed by atoms with Crippen LogP contribution in [-0.2, 0) is 0 Å². The van der Waals surface area contributed by atoms with Gasteiger partial charge in [0.05, 0.1) is 0 Å². The Morgan fingerprint density at radius 3 is 3.12 bits per heavy atom. The zero-order valence-electron chi connectivity index (χ0n) is 8.53. The molecule has 0 saturated heterocycles. The molecule has 0 aliphatic carbocycles. The molecule has 0 aliphatic rings. The lowest BCUT2D eigenvalue weighted by Crippen LogP contribution is -1.99. The van der Waals surface area contributed by atoms with E-state index in [9.17, 15) is 0 Å². The van der Waals surface area contributed by atoms with Crippen LogP contribution < -0.4 is 0 Å². The van der Waals surface area contributed by atoms with Gasteiger partial charge in [0.15, 0.2) is 4.34 Å². The van der Waals surface area contributed by atoms with Gasteiger partial charge in [0, 0.05) is 5.56 Å². The minimum absolute atomic E-state index is 0.428. The van der Waals surface area contributed by atoms with Crippen LogP contribution in [0.5, 0.6) is 0 Å². The average molecular weight is 285 g/mol. The van der Waals surface area contributed by atoms with Gasteiger partial charge in [0.1, 0.15) is 22.0 Å². The molecule has 3 aromatic rings. The molecule has 0 spiro atoms. The van der Waals surface area contributed by atoms with E-state index in [2.05, 4.69) is 25.3 Å². The van der Waals surface area contributed by atoms with Gasteiger partial charge < -0.3 is 0 Å². The minimum Gasteiger partial charge on any atom is -0.199 e. The van der Waals surface area contributed by atoms with Gasteiger partial charge in [0.25, 0.3) is 5.78 Å². The predicted molar refractivity (Wildman–Crippen MR) is 64.6 cm³/mol. The fourth-order valence-corrected chi connectivity index (χ4v) is 3.06. The standard InChI is InChI=1S/C8H5ClN6S2/c1-4-5(9)13-7-10-2-12-15(7)6(4)17-8-14-11-3-16-8/h2-3H,1H3. The van der Waals surface area contributed by atoms with E-state index in [0.29, 0.717) is 10.9 Å². The van der Waals surface area contributed by atoms with E-state index in [0.717, 1.165) is 14.9 Å². The summed E-state index contributed by atoms with van der Waals surface area (Å²) in [6.45, 7) is 1.89. The van der Waals surface area contributed by atoms with Crippen molar-refractivity contribution in [3.8, 4) is 0 Å².